The number of aromatic nitrogens is 2. The zero-order chi connectivity index (χ0) is 25.4. The Kier molecular flexibility index (Phi) is 6.53. The van der Waals surface area contributed by atoms with Gasteiger partial charge in [-0.1, -0.05) is 30.4 Å². The van der Waals surface area contributed by atoms with E-state index in [1.54, 1.807) is 0 Å². The number of hydrogen-bond acceptors (Lipinski definition) is 5. The number of aryl methyl sites for hydroxylation is 1. The normalized spacial score (nSPS) is 18.4. The third-order valence-corrected chi connectivity index (χ3v) is 7.49. The molecule has 6 nitrogen and oxygen atoms in total. The standard InChI is InChI=1S/C31H33N3O3/c1-20-15-26-28-25(23-6-4-7-24(16-23)30(36)22-8-9-22)10-11-27(29(28)33-31(26)32-17-20)37-19-21-5-2-3-12-34(18-21)13-14-35/h2,4-7,10-11,15-17,21-22,35H,3,8-9,12-14,18-19H2,1H3,(H,32,33)/t21-/m0/s1. The number of fused-ring (bicyclic) bond motifs is 3. The monoisotopic (exact) mass is 495 g/mol. The first-order chi connectivity index (χ1) is 18.1. The Bertz CT molecular complexity index is 1480. The van der Waals surface area contributed by atoms with Crippen molar-refractivity contribution in [2.75, 3.05) is 32.8 Å². The van der Waals surface area contributed by atoms with Gasteiger partial charge >= 0.3 is 0 Å². The molecule has 0 amide bonds. The van der Waals surface area contributed by atoms with Crippen LogP contribution in [0.25, 0.3) is 33.1 Å². The molecule has 1 fully saturated rings. The number of nitrogens with zero attached hydrogens (tertiary/aromatic N) is 2. The molecule has 0 saturated heterocycles. The van der Waals surface area contributed by atoms with Gasteiger partial charge in [-0.2, -0.15) is 0 Å². The summed E-state index contributed by atoms with van der Waals surface area (Å²) in [5.41, 5.74) is 5.72. The molecule has 3 heterocycles. The number of benzene rings is 2. The van der Waals surface area contributed by atoms with Crippen LogP contribution in [0.5, 0.6) is 5.75 Å². The molecule has 2 aliphatic rings. The van der Waals surface area contributed by atoms with E-state index in [9.17, 15) is 9.90 Å². The number of H-pyrrole nitrogens is 1. The topological polar surface area (TPSA) is 78.4 Å². The molecule has 6 rings (SSSR count). The highest BCUT2D eigenvalue weighted by atomic mass is 16.5. The van der Waals surface area contributed by atoms with Gasteiger partial charge in [-0.25, -0.2) is 4.98 Å². The number of pyridine rings is 1. The molecule has 1 aliphatic heterocycles. The van der Waals surface area contributed by atoms with E-state index in [4.69, 9.17) is 4.74 Å². The molecule has 1 saturated carbocycles. The van der Waals surface area contributed by atoms with Crippen molar-refractivity contribution < 1.29 is 14.6 Å². The zero-order valence-corrected chi connectivity index (χ0v) is 21.2. The summed E-state index contributed by atoms with van der Waals surface area (Å²) >= 11 is 0. The zero-order valence-electron chi connectivity index (χ0n) is 21.2. The minimum Gasteiger partial charge on any atom is -0.491 e. The number of ketones is 1. The second kappa shape index (κ2) is 10.1. The van der Waals surface area contributed by atoms with E-state index in [2.05, 4.69) is 52.1 Å². The number of ether oxygens (including phenoxy) is 1. The first-order valence-electron chi connectivity index (χ1n) is 13.3. The van der Waals surface area contributed by atoms with Crippen molar-refractivity contribution in [1.82, 2.24) is 14.9 Å². The van der Waals surface area contributed by atoms with Crippen LogP contribution in [0.4, 0.5) is 0 Å². The predicted octanol–water partition coefficient (Wildman–Crippen LogP) is 5.53. The molecule has 2 N–H and O–H groups in total. The summed E-state index contributed by atoms with van der Waals surface area (Å²) in [6, 6.07) is 14.3. The van der Waals surface area contributed by atoms with E-state index in [1.807, 2.05) is 30.5 Å². The van der Waals surface area contributed by atoms with Crippen molar-refractivity contribution in [2.45, 2.75) is 26.2 Å². The van der Waals surface area contributed by atoms with Crippen LogP contribution in [0.3, 0.4) is 0 Å². The van der Waals surface area contributed by atoms with Gasteiger partial charge in [0.15, 0.2) is 5.78 Å². The number of carbonyl (C=O) groups excluding carboxylic acids is 1. The predicted molar refractivity (Wildman–Crippen MR) is 147 cm³/mol. The minimum atomic E-state index is 0.171. The molecule has 2 aromatic carbocycles. The van der Waals surface area contributed by atoms with Gasteiger partial charge in [-0.15, -0.1) is 0 Å². The largest absolute Gasteiger partial charge is 0.491 e. The quantitative estimate of drug-likeness (QED) is 0.248. The molecule has 1 atom stereocenters. The molecule has 0 radical (unpaired) electrons. The Morgan fingerprint density at radius 3 is 2.95 bits per heavy atom. The van der Waals surface area contributed by atoms with E-state index in [1.165, 1.54) is 0 Å². The second-order valence-corrected chi connectivity index (χ2v) is 10.4. The van der Waals surface area contributed by atoms with Crippen LogP contribution in [-0.2, 0) is 0 Å². The first kappa shape index (κ1) is 23.9. The van der Waals surface area contributed by atoms with Gasteiger partial charge in [-0.3, -0.25) is 4.79 Å². The highest BCUT2D eigenvalue weighted by Crippen LogP contribution is 2.40. The third kappa shape index (κ3) is 4.91. The number of Topliss-reactive ketones (excluding diaryl/α,β-unsaturated/α-hetero) is 1. The number of nitrogens with one attached hydrogen (secondary N) is 1. The Labute approximate surface area is 217 Å². The van der Waals surface area contributed by atoms with Crippen LogP contribution in [0, 0.1) is 18.8 Å². The number of β-amino-alcohol motifs (C(OH)–C–C–N with tert-alkyl or cyclic N) is 1. The van der Waals surface area contributed by atoms with Crippen molar-refractivity contribution in [1.29, 1.82) is 0 Å². The smallest absolute Gasteiger partial charge is 0.165 e. The van der Waals surface area contributed by atoms with Crippen LogP contribution in [0.1, 0.15) is 35.2 Å². The van der Waals surface area contributed by atoms with Gasteiger partial charge in [-0.05, 0) is 67.1 Å². The second-order valence-electron chi connectivity index (χ2n) is 10.4. The molecule has 2 aromatic heterocycles. The average Bonchev–Trinajstić information content (AvgIpc) is 3.72. The summed E-state index contributed by atoms with van der Waals surface area (Å²) in [7, 11) is 0. The van der Waals surface area contributed by atoms with Crippen molar-refractivity contribution in [3.05, 3.63) is 71.9 Å². The summed E-state index contributed by atoms with van der Waals surface area (Å²) in [5.74, 6) is 1.49. The van der Waals surface area contributed by atoms with Gasteiger partial charge in [0, 0.05) is 54.0 Å². The number of aliphatic hydroxyl groups is 1. The first-order valence-corrected chi connectivity index (χ1v) is 13.3. The summed E-state index contributed by atoms with van der Waals surface area (Å²) in [4.78, 5) is 23.2. The maximum atomic E-state index is 12.8. The fourth-order valence-corrected chi connectivity index (χ4v) is 5.43. The summed E-state index contributed by atoms with van der Waals surface area (Å²) in [5, 5.41) is 11.5. The molecule has 1 aliphatic carbocycles. The fraction of sp³-hybridized carbons (Fsp3) is 0.355. The van der Waals surface area contributed by atoms with Crippen LogP contribution < -0.4 is 4.74 Å². The molecule has 0 spiro atoms. The van der Waals surface area contributed by atoms with E-state index in [-0.39, 0.29) is 24.2 Å². The van der Waals surface area contributed by atoms with Crippen LogP contribution >= 0.6 is 0 Å². The SMILES string of the molecule is Cc1cnc2[nH]c3c(OC[C@H]4C=CCCN(CCO)C4)ccc(-c4cccc(C(=O)C5CC5)c4)c3c2c1. The fourth-order valence-electron chi connectivity index (χ4n) is 5.43. The van der Waals surface area contributed by atoms with Gasteiger partial charge < -0.3 is 19.7 Å². The van der Waals surface area contributed by atoms with E-state index in [0.29, 0.717) is 13.2 Å². The van der Waals surface area contributed by atoms with Gasteiger partial charge in [0.1, 0.15) is 11.4 Å². The van der Waals surface area contributed by atoms with Crippen LogP contribution in [0.15, 0.2) is 60.8 Å². The Hall–Kier alpha value is -3.48. The van der Waals surface area contributed by atoms with Crippen molar-refractivity contribution >= 4 is 27.7 Å². The Balaban J connectivity index is 1.38. The number of hydrogen-bond donors (Lipinski definition) is 2. The molecule has 0 bridgehead atoms. The highest BCUT2D eigenvalue weighted by molar-refractivity contribution is 6.15. The molecule has 190 valence electrons. The molecular formula is C31H33N3O3. The minimum absolute atomic E-state index is 0.171. The van der Waals surface area contributed by atoms with E-state index in [0.717, 1.165) is 82.3 Å². The lowest BCUT2D eigenvalue weighted by Gasteiger charge is -2.23. The lowest BCUT2D eigenvalue weighted by molar-refractivity contribution is 0.0967. The van der Waals surface area contributed by atoms with Gasteiger partial charge in [0.25, 0.3) is 0 Å². The summed E-state index contributed by atoms with van der Waals surface area (Å²) < 4.78 is 6.44. The lowest BCUT2D eigenvalue weighted by Crippen LogP contribution is -2.33. The maximum Gasteiger partial charge on any atom is 0.165 e. The van der Waals surface area contributed by atoms with Crippen LogP contribution in [0.2, 0.25) is 0 Å². The van der Waals surface area contributed by atoms with Crippen molar-refractivity contribution in [3.63, 3.8) is 0 Å². The lowest BCUT2D eigenvalue weighted by atomic mass is 9.96. The number of rotatable bonds is 8. The molecular weight excluding hydrogens is 462 g/mol. The van der Waals surface area contributed by atoms with E-state index >= 15 is 0 Å². The van der Waals surface area contributed by atoms with Crippen molar-refractivity contribution in [3.8, 4) is 16.9 Å². The molecule has 4 aromatic rings. The highest BCUT2D eigenvalue weighted by Gasteiger charge is 2.30. The van der Waals surface area contributed by atoms with Gasteiger partial charge in [0.05, 0.1) is 18.7 Å². The third-order valence-electron chi connectivity index (χ3n) is 7.49. The maximum absolute atomic E-state index is 12.8. The Morgan fingerprint density at radius 1 is 1.22 bits per heavy atom. The number of aromatic amines is 1. The number of carbonyl (C=O) groups is 1. The molecule has 0 unspecified atom stereocenters. The van der Waals surface area contributed by atoms with E-state index < -0.39 is 0 Å². The summed E-state index contributed by atoms with van der Waals surface area (Å²) in [6.45, 7) is 5.29. The van der Waals surface area contributed by atoms with Crippen molar-refractivity contribution in [2.24, 2.45) is 11.8 Å². The van der Waals surface area contributed by atoms with Crippen LogP contribution in [-0.4, -0.2) is 58.6 Å². The average molecular weight is 496 g/mol. The van der Waals surface area contributed by atoms with Gasteiger partial charge in [0.2, 0.25) is 0 Å². The number of aliphatic hydroxyl groups excluding tert-OH is 1. The summed E-state index contributed by atoms with van der Waals surface area (Å²) in [6.07, 6.45) is 9.32. The Morgan fingerprint density at radius 2 is 2.11 bits per heavy atom. The molecule has 6 heteroatoms. The molecule has 37 heavy (non-hydrogen) atoms.